The number of carbonyl (C=O) groups is 2. The van der Waals surface area contributed by atoms with Crippen molar-refractivity contribution in [2.24, 2.45) is 5.92 Å². The molecule has 5 heteroatoms. The first kappa shape index (κ1) is 16.5. The average molecular weight is 305 g/mol. The molecule has 1 aliphatic heterocycles. The summed E-state index contributed by atoms with van der Waals surface area (Å²) < 4.78 is 5.53. The van der Waals surface area contributed by atoms with Gasteiger partial charge in [-0.05, 0) is 25.3 Å². The summed E-state index contributed by atoms with van der Waals surface area (Å²) in [5.41, 5.74) is 1.08. The molecule has 1 heterocycles. The van der Waals surface area contributed by atoms with Crippen molar-refractivity contribution in [2.45, 2.75) is 38.8 Å². The van der Waals surface area contributed by atoms with Crippen LogP contribution in [0.1, 0.15) is 31.7 Å². The molecule has 1 aromatic rings. The minimum atomic E-state index is -0.815. The molecule has 0 spiro atoms. The smallest absolute Gasteiger partial charge is 0.308 e. The van der Waals surface area contributed by atoms with Crippen LogP contribution < -0.4 is 0 Å². The van der Waals surface area contributed by atoms with Gasteiger partial charge >= 0.3 is 5.97 Å². The maximum absolute atomic E-state index is 12.2. The molecule has 0 saturated carbocycles. The van der Waals surface area contributed by atoms with Gasteiger partial charge in [0, 0.05) is 12.6 Å². The highest BCUT2D eigenvalue weighted by atomic mass is 16.5. The van der Waals surface area contributed by atoms with Gasteiger partial charge in [0.2, 0.25) is 5.91 Å². The zero-order valence-corrected chi connectivity index (χ0v) is 12.9. The second-order valence-electron chi connectivity index (χ2n) is 5.80. The Labute approximate surface area is 130 Å². The Balaban J connectivity index is 1.75. The number of benzene rings is 1. The first-order chi connectivity index (χ1) is 10.6. The molecule has 1 aliphatic rings. The fourth-order valence-electron chi connectivity index (χ4n) is 2.72. The number of carbonyl (C=O) groups excluding carboxylic acids is 1. The molecule has 0 radical (unpaired) electrons. The van der Waals surface area contributed by atoms with Crippen LogP contribution in [-0.2, 0) is 20.9 Å². The summed E-state index contributed by atoms with van der Waals surface area (Å²) in [6.07, 6.45) is 1.68. The van der Waals surface area contributed by atoms with Crippen molar-refractivity contribution in [1.82, 2.24) is 4.90 Å². The Morgan fingerprint density at radius 3 is 2.68 bits per heavy atom. The van der Waals surface area contributed by atoms with Crippen LogP contribution in [-0.4, -0.2) is 41.1 Å². The van der Waals surface area contributed by atoms with E-state index in [1.165, 1.54) is 0 Å². The molecular weight excluding hydrogens is 282 g/mol. The Kier molecular flexibility index (Phi) is 5.95. The monoisotopic (exact) mass is 305 g/mol. The lowest BCUT2D eigenvalue weighted by Crippen LogP contribution is -2.47. The number of aliphatic carboxylic acids is 1. The quantitative estimate of drug-likeness (QED) is 0.819. The second-order valence-corrected chi connectivity index (χ2v) is 5.80. The third kappa shape index (κ3) is 4.56. The summed E-state index contributed by atoms with van der Waals surface area (Å²) in [5.74, 6) is -1.28. The Morgan fingerprint density at radius 1 is 1.27 bits per heavy atom. The molecule has 0 aliphatic carbocycles. The van der Waals surface area contributed by atoms with Crippen molar-refractivity contribution in [2.75, 3.05) is 13.2 Å². The van der Waals surface area contributed by atoms with E-state index in [2.05, 4.69) is 0 Å². The molecule has 1 aromatic carbocycles. The Bertz CT molecular complexity index is 503. The van der Waals surface area contributed by atoms with E-state index in [0.29, 0.717) is 32.6 Å². The predicted molar refractivity (Wildman–Crippen MR) is 82.2 cm³/mol. The molecular formula is C17H23NO4. The van der Waals surface area contributed by atoms with E-state index in [4.69, 9.17) is 9.84 Å². The highest BCUT2D eigenvalue weighted by Crippen LogP contribution is 2.22. The van der Waals surface area contributed by atoms with Crippen molar-refractivity contribution in [3.8, 4) is 0 Å². The average Bonchev–Trinajstić information content (AvgIpc) is 2.52. The first-order valence-corrected chi connectivity index (χ1v) is 7.72. The molecule has 22 heavy (non-hydrogen) atoms. The standard InChI is InChI=1S/C17H23NO4/c1-13-7-8-15(17(20)21)11-18(13)16(19)9-10-22-12-14-5-3-2-4-6-14/h2-6,13,15H,7-12H2,1H3,(H,20,21). The summed E-state index contributed by atoms with van der Waals surface area (Å²) in [6.45, 7) is 3.13. The summed E-state index contributed by atoms with van der Waals surface area (Å²) in [4.78, 5) is 25.0. The van der Waals surface area contributed by atoms with Crippen LogP contribution in [0.5, 0.6) is 0 Å². The molecule has 0 bridgehead atoms. The van der Waals surface area contributed by atoms with Crippen LogP contribution in [0.2, 0.25) is 0 Å². The van der Waals surface area contributed by atoms with E-state index in [-0.39, 0.29) is 11.9 Å². The molecule has 1 saturated heterocycles. The lowest BCUT2D eigenvalue weighted by atomic mass is 9.93. The molecule has 2 unspecified atom stereocenters. The third-order valence-electron chi connectivity index (χ3n) is 4.12. The van der Waals surface area contributed by atoms with Gasteiger partial charge in [-0.15, -0.1) is 0 Å². The minimum absolute atomic E-state index is 0.0217. The van der Waals surface area contributed by atoms with Crippen LogP contribution >= 0.6 is 0 Å². The molecule has 2 rings (SSSR count). The molecule has 1 N–H and O–H groups in total. The van der Waals surface area contributed by atoms with Gasteiger partial charge in [0.25, 0.3) is 0 Å². The van der Waals surface area contributed by atoms with E-state index in [1.807, 2.05) is 37.3 Å². The predicted octanol–water partition coefficient (Wildman–Crippen LogP) is 2.30. The number of likely N-dealkylation sites (tertiary alicyclic amines) is 1. The van der Waals surface area contributed by atoms with Crippen LogP contribution in [0, 0.1) is 5.92 Å². The number of piperidine rings is 1. The van der Waals surface area contributed by atoms with Crippen molar-refractivity contribution >= 4 is 11.9 Å². The van der Waals surface area contributed by atoms with Gasteiger partial charge in [-0.2, -0.15) is 0 Å². The first-order valence-electron chi connectivity index (χ1n) is 7.72. The van der Waals surface area contributed by atoms with Gasteiger partial charge in [0.05, 0.1) is 25.6 Å². The number of rotatable bonds is 6. The van der Waals surface area contributed by atoms with E-state index in [0.717, 1.165) is 12.0 Å². The number of amides is 1. The maximum atomic E-state index is 12.2. The minimum Gasteiger partial charge on any atom is -0.481 e. The molecule has 2 atom stereocenters. The molecule has 1 fully saturated rings. The Morgan fingerprint density at radius 2 is 2.00 bits per heavy atom. The van der Waals surface area contributed by atoms with Gasteiger partial charge in [-0.25, -0.2) is 0 Å². The lowest BCUT2D eigenvalue weighted by molar-refractivity contribution is -0.147. The summed E-state index contributed by atoms with van der Waals surface area (Å²) in [6, 6.07) is 9.91. The zero-order valence-electron chi connectivity index (χ0n) is 12.9. The van der Waals surface area contributed by atoms with Gasteiger partial charge in [0.15, 0.2) is 0 Å². The summed E-state index contributed by atoms with van der Waals surface area (Å²) in [7, 11) is 0. The van der Waals surface area contributed by atoms with E-state index < -0.39 is 11.9 Å². The summed E-state index contributed by atoms with van der Waals surface area (Å²) >= 11 is 0. The number of carboxylic acids is 1. The SMILES string of the molecule is CC1CCC(C(=O)O)CN1C(=O)CCOCc1ccccc1. The lowest BCUT2D eigenvalue weighted by Gasteiger charge is -2.36. The number of carboxylic acid groups (broad SMARTS) is 1. The Hall–Kier alpha value is -1.88. The van der Waals surface area contributed by atoms with E-state index in [1.54, 1.807) is 4.90 Å². The van der Waals surface area contributed by atoms with Crippen molar-refractivity contribution in [3.05, 3.63) is 35.9 Å². The normalized spacial score (nSPS) is 21.6. The number of hydrogen-bond donors (Lipinski definition) is 1. The topological polar surface area (TPSA) is 66.8 Å². The van der Waals surface area contributed by atoms with Crippen LogP contribution in [0.25, 0.3) is 0 Å². The largest absolute Gasteiger partial charge is 0.481 e. The molecule has 0 aromatic heterocycles. The van der Waals surface area contributed by atoms with E-state index in [9.17, 15) is 9.59 Å². The highest BCUT2D eigenvalue weighted by Gasteiger charge is 2.32. The van der Waals surface area contributed by atoms with Crippen molar-refractivity contribution < 1.29 is 19.4 Å². The fraction of sp³-hybridized carbons (Fsp3) is 0.529. The number of nitrogens with zero attached hydrogens (tertiary/aromatic N) is 1. The van der Waals surface area contributed by atoms with Gasteiger partial charge in [0.1, 0.15) is 0 Å². The molecule has 120 valence electrons. The third-order valence-corrected chi connectivity index (χ3v) is 4.12. The van der Waals surface area contributed by atoms with Crippen LogP contribution in [0.4, 0.5) is 0 Å². The van der Waals surface area contributed by atoms with Gasteiger partial charge < -0.3 is 14.7 Å². The van der Waals surface area contributed by atoms with Crippen molar-refractivity contribution in [3.63, 3.8) is 0 Å². The molecule has 5 nitrogen and oxygen atoms in total. The van der Waals surface area contributed by atoms with Crippen molar-refractivity contribution in [1.29, 1.82) is 0 Å². The number of hydrogen-bond acceptors (Lipinski definition) is 3. The number of ether oxygens (including phenoxy) is 1. The highest BCUT2D eigenvalue weighted by molar-refractivity contribution is 5.78. The van der Waals surface area contributed by atoms with Crippen LogP contribution in [0.15, 0.2) is 30.3 Å². The maximum Gasteiger partial charge on any atom is 0.308 e. The van der Waals surface area contributed by atoms with E-state index >= 15 is 0 Å². The summed E-state index contributed by atoms with van der Waals surface area (Å²) in [5, 5.41) is 9.10. The fourth-order valence-corrected chi connectivity index (χ4v) is 2.72. The van der Waals surface area contributed by atoms with Gasteiger partial charge in [-0.3, -0.25) is 9.59 Å². The zero-order chi connectivity index (χ0) is 15.9. The molecule has 1 amide bonds. The van der Waals surface area contributed by atoms with Crippen LogP contribution in [0.3, 0.4) is 0 Å². The van der Waals surface area contributed by atoms with Gasteiger partial charge in [-0.1, -0.05) is 30.3 Å². The second kappa shape index (κ2) is 7.94.